The molecule has 0 amide bonds. The van der Waals surface area contributed by atoms with Gasteiger partial charge < -0.3 is 4.98 Å². The number of alkyl halides is 6. The monoisotopic (exact) mass is 324 g/mol. The highest BCUT2D eigenvalue weighted by Crippen LogP contribution is 2.33. The van der Waals surface area contributed by atoms with Crippen LogP contribution < -0.4 is 0 Å². The number of aromatic nitrogens is 2. The maximum Gasteiger partial charge on any atom is 0.431 e. The van der Waals surface area contributed by atoms with Crippen LogP contribution in [0.1, 0.15) is 11.3 Å². The summed E-state index contributed by atoms with van der Waals surface area (Å²) in [5, 5.41) is 0. The molecule has 0 atom stereocenters. The molecule has 0 saturated carbocycles. The van der Waals surface area contributed by atoms with E-state index in [1.54, 1.807) is 0 Å². The first-order chi connectivity index (χ1) is 9.57. The van der Waals surface area contributed by atoms with Crippen molar-refractivity contribution in [2.24, 2.45) is 0 Å². The first-order valence-electron chi connectivity index (χ1n) is 5.43. The van der Waals surface area contributed by atoms with Crippen LogP contribution in [0.4, 0.5) is 26.3 Å². The van der Waals surface area contributed by atoms with E-state index >= 15 is 0 Å². The number of nitrogens with one attached hydrogen (secondary N) is 1. The Hall–Kier alpha value is -1.90. The quantitative estimate of drug-likeness (QED) is 0.600. The number of H-pyrrole nitrogens is 1. The fourth-order valence-corrected chi connectivity index (χ4v) is 1.82. The van der Waals surface area contributed by atoms with Gasteiger partial charge in [0, 0.05) is 5.56 Å². The van der Waals surface area contributed by atoms with E-state index in [2.05, 4.69) is 17.2 Å². The van der Waals surface area contributed by atoms with E-state index < -0.39 is 28.4 Å². The van der Waals surface area contributed by atoms with Gasteiger partial charge in [-0.3, -0.25) is 0 Å². The summed E-state index contributed by atoms with van der Waals surface area (Å²) in [5.74, 6) is 0. The Balaban J connectivity index is 2.58. The number of benzene rings is 1. The number of rotatable bonds is 1. The van der Waals surface area contributed by atoms with Crippen LogP contribution in [-0.4, -0.2) is 9.97 Å². The van der Waals surface area contributed by atoms with Gasteiger partial charge in [0.2, 0.25) is 0 Å². The van der Waals surface area contributed by atoms with Gasteiger partial charge >= 0.3 is 12.4 Å². The van der Waals surface area contributed by atoms with Crippen LogP contribution in [0.15, 0.2) is 30.3 Å². The molecule has 0 unspecified atom stereocenters. The molecule has 0 bridgehead atoms. The molecule has 1 heterocycles. The summed E-state index contributed by atoms with van der Waals surface area (Å²) in [7, 11) is 0. The van der Waals surface area contributed by atoms with Crippen molar-refractivity contribution in [3.63, 3.8) is 0 Å². The highest BCUT2D eigenvalue weighted by Gasteiger charge is 2.33. The molecule has 9 heteroatoms. The highest BCUT2D eigenvalue weighted by molar-refractivity contribution is 7.71. The van der Waals surface area contributed by atoms with E-state index in [1.165, 1.54) is 6.07 Å². The molecule has 0 fully saturated rings. The molecule has 2 rings (SSSR count). The molecule has 2 aromatic rings. The molecular formula is C12H6F6N2S. The van der Waals surface area contributed by atoms with E-state index in [9.17, 15) is 26.3 Å². The largest absolute Gasteiger partial charge is 0.431 e. The van der Waals surface area contributed by atoms with Gasteiger partial charge in [-0.1, -0.05) is 12.1 Å². The molecule has 2 nitrogen and oxygen atoms in total. The number of hydrogen-bond donors (Lipinski definition) is 1. The van der Waals surface area contributed by atoms with Crippen LogP contribution in [0.5, 0.6) is 0 Å². The Morgan fingerprint density at radius 3 is 2.19 bits per heavy atom. The Morgan fingerprint density at radius 2 is 1.62 bits per heavy atom. The average molecular weight is 324 g/mol. The second kappa shape index (κ2) is 5.14. The van der Waals surface area contributed by atoms with Gasteiger partial charge in [0.1, 0.15) is 5.69 Å². The van der Waals surface area contributed by atoms with E-state index in [0.717, 1.165) is 18.2 Å². The lowest BCUT2D eigenvalue weighted by Gasteiger charge is -2.10. The smallest absolute Gasteiger partial charge is 0.327 e. The summed E-state index contributed by atoms with van der Waals surface area (Å²) in [6.07, 6.45) is -9.30. The van der Waals surface area contributed by atoms with Crippen LogP contribution in [0, 0.1) is 4.77 Å². The van der Waals surface area contributed by atoms with Crippen LogP contribution >= 0.6 is 12.2 Å². The Morgan fingerprint density at radius 1 is 0.952 bits per heavy atom. The molecular weight excluding hydrogens is 318 g/mol. The van der Waals surface area contributed by atoms with E-state index in [0.29, 0.717) is 6.07 Å². The van der Waals surface area contributed by atoms with Gasteiger partial charge in [0.25, 0.3) is 0 Å². The van der Waals surface area contributed by atoms with Gasteiger partial charge in [0.05, 0.1) is 11.3 Å². The number of hydrogen-bond acceptors (Lipinski definition) is 2. The lowest BCUT2D eigenvalue weighted by molar-refractivity contribution is -0.141. The predicted octanol–water partition coefficient (Wildman–Crippen LogP) is 4.84. The second-order valence-corrected chi connectivity index (χ2v) is 4.45. The molecule has 0 saturated heterocycles. The average Bonchev–Trinajstić information content (AvgIpc) is 2.36. The zero-order valence-corrected chi connectivity index (χ0v) is 10.8. The maximum absolute atomic E-state index is 12.6. The fourth-order valence-electron chi connectivity index (χ4n) is 1.61. The van der Waals surface area contributed by atoms with Crippen LogP contribution in [0.3, 0.4) is 0 Å². The normalized spacial score (nSPS) is 12.5. The van der Waals surface area contributed by atoms with Crippen molar-refractivity contribution in [3.05, 3.63) is 46.4 Å². The Bertz CT molecular complexity index is 717. The van der Waals surface area contributed by atoms with Crippen molar-refractivity contribution in [3.8, 4) is 11.3 Å². The molecule has 1 N–H and O–H groups in total. The molecule has 0 aliphatic carbocycles. The minimum Gasteiger partial charge on any atom is -0.327 e. The zero-order chi connectivity index (χ0) is 15.8. The third-order valence-electron chi connectivity index (χ3n) is 2.54. The van der Waals surface area contributed by atoms with E-state index in [-0.39, 0.29) is 11.3 Å². The standard InChI is InChI=1S/C12H6F6N2S/c13-11(14,15)7-3-1-2-6(4-7)8-5-9(12(16,17)18)20-10(21)19-8/h1-5H,(H,19,20,21). The fraction of sp³-hybridized carbons (Fsp3) is 0.167. The maximum atomic E-state index is 12.6. The Kier molecular flexibility index (Phi) is 3.79. The zero-order valence-electron chi connectivity index (χ0n) is 10.0. The van der Waals surface area contributed by atoms with Crippen LogP contribution in [0.2, 0.25) is 0 Å². The van der Waals surface area contributed by atoms with E-state index in [1.807, 2.05) is 4.98 Å². The molecule has 0 spiro atoms. The first-order valence-corrected chi connectivity index (χ1v) is 5.84. The molecule has 112 valence electrons. The van der Waals surface area contributed by atoms with Crippen molar-refractivity contribution in [1.29, 1.82) is 0 Å². The van der Waals surface area contributed by atoms with Crippen LogP contribution in [0.25, 0.3) is 11.3 Å². The Labute approximate surface area is 119 Å². The highest BCUT2D eigenvalue weighted by atomic mass is 32.1. The first kappa shape index (κ1) is 15.5. The lowest BCUT2D eigenvalue weighted by Crippen LogP contribution is -2.09. The summed E-state index contributed by atoms with van der Waals surface area (Å²) in [6.45, 7) is 0. The van der Waals surface area contributed by atoms with Gasteiger partial charge in [-0.2, -0.15) is 26.3 Å². The summed E-state index contributed by atoms with van der Waals surface area (Å²) in [5.41, 5.74) is -2.53. The molecule has 0 radical (unpaired) electrons. The van der Waals surface area contributed by atoms with Crippen molar-refractivity contribution in [2.75, 3.05) is 0 Å². The van der Waals surface area contributed by atoms with Crippen molar-refractivity contribution in [2.45, 2.75) is 12.4 Å². The van der Waals surface area contributed by atoms with Crippen molar-refractivity contribution >= 4 is 12.2 Å². The van der Waals surface area contributed by atoms with Crippen molar-refractivity contribution in [1.82, 2.24) is 9.97 Å². The predicted molar refractivity (Wildman–Crippen MR) is 64.9 cm³/mol. The molecule has 1 aromatic heterocycles. The molecule has 1 aromatic carbocycles. The lowest BCUT2D eigenvalue weighted by atomic mass is 10.1. The minimum atomic E-state index is -4.70. The summed E-state index contributed by atoms with van der Waals surface area (Å²) >= 11 is 4.57. The minimum absolute atomic E-state index is 0.101. The molecule has 21 heavy (non-hydrogen) atoms. The second-order valence-electron chi connectivity index (χ2n) is 4.06. The van der Waals surface area contributed by atoms with Gasteiger partial charge in [-0.05, 0) is 30.4 Å². The topological polar surface area (TPSA) is 28.7 Å². The van der Waals surface area contributed by atoms with Crippen molar-refractivity contribution < 1.29 is 26.3 Å². The SMILES string of the molecule is FC(F)(F)c1cccc(-c2cc(C(F)(F)F)[nH]c(=S)n2)c1. The summed E-state index contributed by atoms with van der Waals surface area (Å²) in [4.78, 5) is 5.49. The molecule has 0 aliphatic rings. The third kappa shape index (κ3) is 3.60. The summed E-state index contributed by atoms with van der Waals surface area (Å²) in [6, 6.07) is 4.47. The number of halogens is 6. The van der Waals surface area contributed by atoms with Gasteiger partial charge in [-0.25, -0.2) is 4.98 Å². The number of nitrogens with zero attached hydrogens (tertiary/aromatic N) is 1. The number of aromatic amines is 1. The van der Waals surface area contributed by atoms with Gasteiger partial charge in [-0.15, -0.1) is 0 Å². The van der Waals surface area contributed by atoms with Gasteiger partial charge in [0.15, 0.2) is 4.77 Å². The van der Waals surface area contributed by atoms with Crippen LogP contribution in [-0.2, 0) is 12.4 Å². The third-order valence-corrected chi connectivity index (χ3v) is 2.73. The molecule has 0 aliphatic heterocycles. The van der Waals surface area contributed by atoms with E-state index in [4.69, 9.17) is 0 Å². The summed E-state index contributed by atoms with van der Waals surface area (Å²) < 4.78 is 75.3.